The van der Waals surface area contributed by atoms with E-state index < -0.39 is 0 Å². The molecule has 0 aliphatic carbocycles. The van der Waals surface area contributed by atoms with E-state index in [2.05, 4.69) is 102 Å². The predicted octanol–water partition coefficient (Wildman–Crippen LogP) is 7.23. The van der Waals surface area contributed by atoms with Crippen molar-refractivity contribution in [1.82, 2.24) is 4.57 Å². The number of aryl methyl sites for hydroxylation is 1. The Morgan fingerprint density at radius 1 is 0.758 bits per heavy atom. The molecule has 0 radical (unpaired) electrons. The first-order valence-electron chi connectivity index (χ1n) is 11.1. The molecule has 0 saturated carbocycles. The van der Waals surface area contributed by atoms with E-state index in [-0.39, 0.29) is 6.61 Å². The van der Waals surface area contributed by atoms with Crippen LogP contribution in [0.15, 0.2) is 103 Å². The molecule has 0 fully saturated rings. The Hall–Kier alpha value is -4.29. The molecule has 160 valence electrons. The van der Waals surface area contributed by atoms with Crippen LogP contribution in [-0.2, 0) is 6.54 Å². The van der Waals surface area contributed by atoms with Gasteiger partial charge in [-0.3, -0.25) is 0 Å². The summed E-state index contributed by atoms with van der Waals surface area (Å²) in [6, 6.07) is 37.8. The van der Waals surface area contributed by atoms with Gasteiger partial charge < -0.3 is 9.30 Å². The topological polar surface area (TPSA) is 38.0 Å². The molecule has 5 rings (SSSR count). The smallest absolute Gasteiger partial charge is 0.174 e. The number of fused-ring (bicyclic) bond motifs is 1. The SMILES string of the molecule is Cc1c(-c2ccccc2)n(Cc2ccccc2)c2cccc(-c3ccc(OCC#N)cc3)c12. The van der Waals surface area contributed by atoms with Gasteiger partial charge in [0.15, 0.2) is 6.61 Å². The van der Waals surface area contributed by atoms with E-state index in [1.54, 1.807) is 0 Å². The minimum absolute atomic E-state index is 0.0524. The van der Waals surface area contributed by atoms with Gasteiger partial charge in [-0.05, 0) is 52.9 Å². The fraction of sp³-hybridized carbons (Fsp3) is 0.100. The van der Waals surface area contributed by atoms with E-state index >= 15 is 0 Å². The molecule has 0 aliphatic heterocycles. The van der Waals surface area contributed by atoms with Crippen LogP contribution in [0.5, 0.6) is 5.75 Å². The lowest BCUT2D eigenvalue weighted by Crippen LogP contribution is -2.02. The van der Waals surface area contributed by atoms with Gasteiger partial charge in [0, 0.05) is 17.4 Å². The highest BCUT2D eigenvalue weighted by Crippen LogP contribution is 2.39. The summed E-state index contributed by atoms with van der Waals surface area (Å²) in [5.41, 5.74) is 8.55. The highest BCUT2D eigenvalue weighted by Gasteiger charge is 2.19. The number of hydrogen-bond acceptors (Lipinski definition) is 2. The average molecular weight is 429 g/mol. The van der Waals surface area contributed by atoms with Crippen molar-refractivity contribution in [2.75, 3.05) is 6.61 Å². The van der Waals surface area contributed by atoms with Crippen LogP contribution in [0, 0.1) is 18.3 Å². The molecule has 0 aliphatic rings. The maximum Gasteiger partial charge on any atom is 0.174 e. The van der Waals surface area contributed by atoms with Gasteiger partial charge in [-0.25, -0.2) is 0 Å². The van der Waals surface area contributed by atoms with Gasteiger partial charge >= 0.3 is 0 Å². The molecule has 0 N–H and O–H groups in total. The molecule has 0 bridgehead atoms. The standard InChI is InChI=1S/C30H24N2O/c1-22-29-27(24-15-17-26(18-16-24)33-20-19-31)13-8-14-28(29)32(21-23-9-4-2-5-10-23)30(22)25-11-6-3-7-12-25/h2-18H,20-21H2,1H3. The minimum Gasteiger partial charge on any atom is -0.479 e. The van der Waals surface area contributed by atoms with Crippen molar-refractivity contribution in [2.24, 2.45) is 0 Å². The van der Waals surface area contributed by atoms with Crippen LogP contribution in [0.1, 0.15) is 11.1 Å². The normalized spacial score (nSPS) is 10.8. The number of hydrogen-bond donors (Lipinski definition) is 0. The zero-order valence-electron chi connectivity index (χ0n) is 18.5. The molecule has 0 atom stereocenters. The maximum atomic E-state index is 8.76. The molecule has 3 heteroatoms. The Kier molecular flexibility index (Phi) is 5.66. The lowest BCUT2D eigenvalue weighted by atomic mass is 9.98. The van der Waals surface area contributed by atoms with E-state index in [0.717, 1.165) is 12.1 Å². The summed E-state index contributed by atoms with van der Waals surface area (Å²) in [4.78, 5) is 0. The number of aromatic nitrogens is 1. The second kappa shape index (κ2) is 9.06. The Morgan fingerprint density at radius 3 is 2.15 bits per heavy atom. The van der Waals surface area contributed by atoms with Crippen molar-refractivity contribution in [2.45, 2.75) is 13.5 Å². The van der Waals surface area contributed by atoms with Crippen molar-refractivity contribution in [3.63, 3.8) is 0 Å². The van der Waals surface area contributed by atoms with Crippen molar-refractivity contribution in [3.8, 4) is 34.2 Å². The van der Waals surface area contributed by atoms with Crippen LogP contribution in [0.2, 0.25) is 0 Å². The van der Waals surface area contributed by atoms with Gasteiger partial charge in [-0.15, -0.1) is 0 Å². The van der Waals surface area contributed by atoms with Crippen LogP contribution in [-0.4, -0.2) is 11.2 Å². The average Bonchev–Trinajstić information content (AvgIpc) is 3.15. The highest BCUT2D eigenvalue weighted by atomic mass is 16.5. The van der Waals surface area contributed by atoms with Crippen LogP contribution >= 0.6 is 0 Å². The molecule has 5 aromatic rings. The summed E-state index contributed by atoms with van der Waals surface area (Å²) in [6.45, 7) is 3.08. The lowest BCUT2D eigenvalue weighted by Gasteiger charge is -2.12. The third-order valence-electron chi connectivity index (χ3n) is 6.03. The van der Waals surface area contributed by atoms with Crippen molar-refractivity contribution < 1.29 is 4.74 Å². The maximum absolute atomic E-state index is 8.76. The second-order valence-electron chi connectivity index (χ2n) is 8.08. The zero-order chi connectivity index (χ0) is 22.6. The van der Waals surface area contributed by atoms with Crippen molar-refractivity contribution in [3.05, 3.63) is 114 Å². The third-order valence-corrected chi connectivity index (χ3v) is 6.03. The first kappa shape index (κ1) is 20.6. The van der Waals surface area contributed by atoms with Crippen molar-refractivity contribution in [1.29, 1.82) is 5.26 Å². The number of nitriles is 1. The fourth-order valence-electron chi connectivity index (χ4n) is 4.59. The molecule has 0 unspecified atom stereocenters. The van der Waals surface area contributed by atoms with Crippen molar-refractivity contribution >= 4 is 10.9 Å². The van der Waals surface area contributed by atoms with Gasteiger partial charge in [0.2, 0.25) is 0 Å². The van der Waals surface area contributed by atoms with E-state index in [0.29, 0.717) is 5.75 Å². The molecule has 0 saturated heterocycles. The molecule has 4 aromatic carbocycles. The molecule has 0 amide bonds. The molecular weight excluding hydrogens is 404 g/mol. The van der Waals surface area contributed by atoms with Crippen LogP contribution in [0.25, 0.3) is 33.3 Å². The first-order valence-corrected chi connectivity index (χ1v) is 11.1. The van der Waals surface area contributed by atoms with E-state index in [4.69, 9.17) is 10.00 Å². The fourth-order valence-corrected chi connectivity index (χ4v) is 4.59. The van der Waals surface area contributed by atoms with Crippen LogP contribution < -0.4 is 4.74 Å². The third kappa shape index (κ3) is 4.00. The monoisotopic (exact) mass is 428 g/mol. The molecule has 1 aromatic heterocycles. The van der Waals surface area contributed by atoms with Crippen LogP contribution in [0.3, 0.4) is 0 Å². The van der Waals surface area contributed by atoms with E-state index in [9.17, 15) is 0 Å². The minimum atomic E-state index is 0.0524. The summed E-state index contributed by atoms with van der Waals surface area (Å²) in [6.07, 6.45) is 0. The van der Waals surface area contributed by atoms with Crippen LogP contribution in [0.4, 0.5) is 0 Å². The van der Waals surface area contributed by atoms with E-state index in [1.165, 1.54) is 38.9 Å². The summed E-state index contributed by atoms with van der Waals surface area (Å²) < 4.78 is 7.87. The molecule has 0 spiro atoms. The Balaban J connectivity index is 1.70. The van der Waals surface area contributed by atoms with E-state index in [1.807, 2.05) is 18.2 Å². The Labute approximate surface area is 194 Å². The van der Waals surface area contributed by atoms with Gasteiger partial charge in [0.25, 0.3) is 0 Å². The molecular formula is C30H24N2O. The Bertz CT molecular complexity index is 1430. The van der Waals surface area contributed by atoms with Gasteiger partial charge in [0.05, 0.1) is 5.69 Å². The molecule has 33 heavy (non-hydrogen) atoms. The largest absolute Gasteiger partial charge is 0.479 e. The highest BCUT2D eigenvalue weighted by molar-refractivity contribution is 6.02. The summed E-state index contributed by atoms with van der Waals surface area (Å²) in [7, 11) is 0. The second-order valence-corrected chi connectivity index (χ2v) is 8.08. The quantitative estimate of drug-likeness (QED) is 0.286. The first-order chi connectivity index (χ1) is 16.3. The number of benzene rings is 4. The lowest BCUT2D eigenvalue weighted by molar-refractivity contribution is 0.368. The summed E-state index contributed by atoms with van der Waals surface area (Å²) >= 11 is 0. The Morgan fingerprint density at radius 2 is 1.45 bits per heavy atom. The van der Waals surface area contributed by atoms with Gasteiger partial charge in [-0.2, -0.15) is 5.26 Å². The van der Waals surface area contributed by atoms with Gasteiger partial charge in [0.1, 0.15) is 11.8 Å². The molecule has 3 nitrogen and oxygen atoms in total. The number of ether oxygens (including phenoxy) is 1. The molecule has 1 heterocycles. The summed E-state index contributed by atoms with van der Waals surface area (Å²) in [5.74, 6) is 0.704. The van der Waals surface area contributed by atoms with Gasteiger partial charge in [-0.1, -0.05) is 84.9 Å². The number of rotatable bonds is 6. The number of nitrogens with zero attached hydrogens (tertiary/aromatic N) is 2. The predicted molar refractivity (Wildman–Crippen MR) is 134 cm³/mol. The summed E-state index contributed by atoms with van der Waals surface area (Å²) in [5, 5.41) is 10.0. The zero-order valence-corrected chi connectivity index (χ0v) is 18.5.